The van der Waals surface area contributed by atoms with E-state index in [0.29, 0.717) is 41.6 Å². The van der Waals surface area contributed by atoms with E-state index in [1.807, 2.05) is 11.0 Å². The van der Waals surface area contributed by atoms with Crippen molar-refractivity contribution >= 4 is 23.2 Å². The van der Waals surface area contributed by atoms with Crippen LogP contribution < -0.4 is 16.0 Å². The van der Waals surface area contributed by atoms with E-state index in [4.69, 9.17) is 20.7 Å². The fourth-order valence-electron chi connectivity index (χ4n) is 4.51. The summed E-state index contributed by atoms with van der Waals surface area (Å²) in [6.07, 6.45) is 8.90. The molecule has 3 atom stereocenters. The van der Waals surface area contributed by atoms with Crippen LogP contribution in [0.25, 0.3) is 16.9 Å². The monoisotopic (exact) mass is 517 g/mol. The lowest BCUT2D eigenvalue weighted by Crippen LogP contribution is -2.30. The van der Waals surface area contributed by atoms with Crippen LogP contribution in [0, 0.1) is 17.2 Å². The number of rotatable bonds is 9. The highest BCUT2D eigenvalue weighted by Crippen LogP contribution is 2.29. The summed E-state index contributed by atoms with van der Waals surface area (Å²) in [5.74, 6) is 0.0881. The molecule has 0 aromatic carbocycles. The van der Waals surface area contributed by atoms with Gasteiger partial charge in [-0.05, 0) is 5.92 Å². The Hall–Kier alpha value is -4.61. The van der Waals surface area contributed by atoms with Crippen molar-refractivity contribution in [3.63, 3.8) is 0 Å². The number of aliphatic hydroxyl groups excluding tert-OH is 1. The smallest absolute Gasteiger partial charge is 0.252 e. The van der Waals surface area contributed by atoms with Crippen molar-refractivity contribution in [2.45, 2.75) is 25.6 Å². The highest BCUT2D eigenvalue weighted by atomic mass is 16.5. The van der Waals surface area contributed by atoms with E-state index in [0.717, 1.165) is 5.56 Å². The van der Waals surface area contributed by atoms with Crippen molar-refractivity contribution in [2.24, 2.45) is 11.7 Å². The van der Waals surface area contributed by atoms with E-state index in [2.05, 4.69) is 32.4 Å². The van der Waals surface area contributed by atoms with Gasteiger partial charge < -0.3 is 25.8 Å². The summed E-state index contributed by atoms with van der Waals surface area (Å²) in [4.78, 5) is 27.7. The van der Waals surface area contributed by atoms with Gasteiger partial charge in [0.2, 0.25) is 5.95 Å². The topological polar surface area (TPSA) is 185 Å². The molecule has 4 aromatic heterocycles. The Morgan fingerprint density at radius 2 is 2.05 bits per heavy atom. The third-order valence-corrected chi connectivity index (χ3v) is 6.44. The highest BCUT2D eigenvalue weighted by molar-refractivity contribution is 6.01. The van der Waals surface area contributed by atoms with Crippen molar-refractivity contribution in [3.8, 4) is 17.3 Å². The Morgan fingerprint density at radius 1 is 1.26 bits per heavy atom. The Kier molecular flexibility index (Phi) is 6.86. The number of nitriles is 1. The molecule has 4 N–H and O–H groups in total. The fraction of sp³-hybridized carbons (Fsp3) is 0.375. The molecule has 5 rings (SSSR count). The van der Waals surface area contributed by atoms with Crippen LogP contribution in [-0.2, 0) is 11.3 Å². The van der Waals surface area contributed by atoms with E-state index in [-0.39, 0.29) is 30.7 Å². The van der Waals surface area contributed by atoms with Crippen molar-refractivity contribution < 1.29 is 14.6 Å². The van der Waals surface area contributed by atoms with E-state index < -0.39 is 12.0 Å². The van der Waals surface area contributed by atoms with Crippen LogP contribution in [0.1, 0.15) is 22.8 Å². The fourth-order valence-corrected chi connectivity index (χ4v) is 4.51. The Bertz CT molecular complexity index is 1490. The summed E-state index contributed by atoms with van der Waals surface area (Å²) in [5.41, 5.74) is 8.58. The molecular weight excluding hydrogens is 490 g/mol. The van der Waals surface area contributed by atoms with Crippen LogP contribution in [0.3, 0.4) is 0 Å². The van der Waals surface area contributed by atoms with E-state index in [9.17, 15) is 9.90 Å². The van der Waals surface area contributed by atoms with Gasteiger partial charge in [0.05, 0.1) is 72.7 Å². The highest BCUT2D eigenvalue weighted by Gasteiger charge is 2.32. The molecule has 5 heterocycles. The van der Waals surface area contributed by atoms with Crippen LogP contribution in [0.2, 0.25) is 0 Å². The number of amides is 1. The number of fused-ring (bicyclic) bond motifs is 1. The predicted molar refractivity (Wildman–Crippen MR) is 136 cm³/mol. The Morgan fingerprint density at radius 3 is 2.76 bits per heavy atom. The third-order valence-electron chi connectivity index (χ3n) is 6.44. The SMILES string of the molecule is COC[C@H](O)Cn1cc(-c2cn3ncc(C(N)=O)c(N[C@@H]4CN(c5ncc(C#N)cn5)C[C@@H]4C)c3n2)cn1. The first-order valence-corrected chi connectivity index (χ1v) is 12.0. The quantitative estimate of drug-likeness (QED) is 0.277. The van der Waals surface area contributed by atoms with Crippen LogP contribution >= 0.6 is 0 Å². The van der Waals surface area contributed by atoms with Gasteiger partial charge in [-0.1, -0.05) is 6.92 Å². The van der Waals surface area contributed by atoms with Crippen LogP contribution in [0.4, 0.5) is 11.6 Å². The number of ether oxygens (including phenoxy) is 1. The van der Waals surface area contributed by atoms with Crippen molar-refractivity contribution in [2.75, 3.05) is 37.0 Å². The van der Waals surface area contributed by atoms with Crippen molar-refractivity contribution in [1.82, 2.24) is 34.3 Å². The number of methoxy groups -OCH3 is 1. The number of carbonyl (C=O) groups is 1. The van der Waals surface area contributed by atoms with E-state index in [1.165, 1.54) is 25.7 Å². The lowest BCUT2D eigenvalue weighted by Gasteiger charge is -2.20. The van der Waals surface area contributed by atoms with Crippen LogP contribution in [0.5, 0.6) is 0 Å². The minimum Gasteiger partial charge on any atom is -0.389 e. The molecule has 0 radical (unpaired) electrons. The average molecular weight is 518 g/mol. The summed E-state index contributed by atoms with van der Waals surface area (Å²) in [6, 6.07) is 1.95. The lowest BCUT2D eigenvalue weighted by molar-refractivity contribution is 0.0514. The molecule has 0 spiro atoms. The zero-order chi connectivity index (χ0) is 26.8. The zero-order valence-corrected chi connectivity index (χ0v) is 20.9. The molecule has 1 fully saturated rings. The van der Waals surface area contributed by atoms with Gasteiger partial charge in [0.25, 0.3) is 5.91 Å². The number of nitrogens with zero attached hydrogens (tertiary/aromatic N) is 9. The van der Waals surface area contributed by atoms with Gasteiger partial charge >= 0.3 is 0 Å². The first-order valence-electron chi connectivity index (χ1n) is 12.0. The van der Waals surface area contributed by atoms with Gasteiger partial charge in [-0.3, -0.25) is 9.48 Å². The maximum Gasteiger partial charge on any atom is 0.252 e. The number of primary amides is 1. The summed E-state index contributed by atoms with van der Waals surface area (Å²) >= 11 is 0. The largest absolute Gasteiger partial charge is 0.389 e. The zero-order valence-electron chi connectivity index (χ0n) is 20.9. The van der Waals surface area contributed by atoms with E-state index in [1.54, 1.807) is 27.8 Å². The first-order chi connectivity index (χ1) is 18.4. The second-order valence-corrected chi connectivity index (χ2v) is 9.27. The number of aliphatic hydroxyl groups is 1. The van der Waals surface area contributed by atoms with Crippen LogP contribution in [0.15, 0.2) is 37.2 Å². The minimum absolute atomic E-state index is 0.0660. The number of nitrogens with two attached hydrogens (primary N) is 1. The molecule has 0 saturated carbocycles. The van der Waals surface area contributed by atoms with Gasteiger partial charge in [0.1, 0.15) is 6.07 Å². The second-order valence-electron chi connectivity index (χ2n) is 9.27. The number of imidazole rings is 1. The van der Waals surface area contributed by atoms with E-state index >= 15 is 0 Å². The van der Waals surface area contributed by atoms with Crippen molar-refractivity contribution in [3.05, 3.63) is 48.3 Å². The molecule has 4 aromatic rings. The average Bonchev–Trinajstić information content (AvgIpc) is 3.63. The molecule has 0 bridgehead atoms. The summed E-state index contributed by atoms with van der Waals surface area (Å²) in [5, 5.41) is 31.1. The van der Waals surface area contributed by atoms with Gasteiger partial charge in [0.15, 0.2) is 5.65 Å². The molecular formula is C24H27N11O3. The molecule has 14 nitrogen and oxygen atoms in total. The summed E-state index contributed by atoms with van der Waals surface area (Å²) in [7, 11) is 1.53. The molecule has 1 aliphatic rings. The molecule has 1 saturated heterocycles. The van der Waals surface area contributed by atoms with Gasteiger partial charge in [-0.15, -0.1) is 0 Å². The molecule has 1 amide bonds. The maximum atomic E-state index is 12.3. The summed E-state index contributed by atoms with van der Waals surface area (Å²) < 4.78 is 8.17. The molecule has 1 aliphatic heterocycles. The van der Waals surface area contributed by atoms with Crippen molar-refractivity contribution in [1.29, 1.82) is 5.26 Å². The Balaban J connectivity index is 1.42. The molecule has 14 heteroatoms. The number of carbonyl (C=O) groups excluding carboxylic acids is 1. The van der Waals surface area contributed by atoms with Gasteiger partial charge in [-0.25, -0.2) is 19.5 Å². The maximum absolute atomic E-state index is 12.3. The minimum atomic E-state index is -0.688. The molecule has 38 heavy (non-hydrogen) atoms. The number of hydrogen-bond donors (Lipinski definition) is 3. The van der Waals surface area contributed by atoms with Gasteiger partial charge in [0, 0.05) is 38.0 Å². The standard InChI is InChI=1S/C24H27N11O3/c1-14-8-33(24-27-4-15(3-25)5-28-24)11-19(14)31-21-18(22(26)37)7-30-35-12-20(32-23(21)35)16-6-29-34(9-16)10-17(36)13-38-2/h4-7,9,12,14,17,19,31,36H,8,10-11,13H2,1-2H3,(H2,26,37)/t14-,17+,19+/m0/s1. The molecule has 196 valence electrons. The predicted octanol–water partition coefficient (Wildman–Crippen LogP) is 0.297. The number of nitrogens with one attached hydrogen (secondary N) is 1. The third kappa shape index (κ3) is 4.97. The molecule has 0 aliphatic carbocycles. The first kappa shape index (κ1) is 25.1. The number of aromatic nitrogens is 7. The van der Waals surface area contributed by atoms with Crippen LogP contribution in [-0.4, -0.2) is 84.3 Å². The lowest BCUT2D eigenvalue weighted by atomic mass is 10.1. The molecule has 0 unspecified atom stereocenters. The second kappa shape index (κ2) is 10.4. The number of anilines is 2. The summed E-state index contributed by atoms with van der Waals surface area (Å²) in [6.45, 7) is 3.82. The van der Waals surface area contributed by atoms with Gasteiger partial charge in [-0.2, -0.15) is 15.5 Å². The number of hydrogen-bond acceptors (Lipinski definition) is 11. The normalized spacial score (nSPS) is 18.0. The Labute approximate surface area is 217 Å².